The van der Waals surface area contributed by atoms with Gasteiger partial charge in [-0.05, 0) is 24.3 Å². The van der Waals surface area contributed by atoms with Gasteiger partial charge in [0.05, 0.1) is 12.0 Å². The van der Waals surface area contributed by atoms with E-state index in [1.807, 2.05) is 0 Å². The molecule has 1 unspecified atom stereocenters. The Morgan fingerprint density at radius 2 is 1.67 bits per heavy atom. The second-order valence-electron chi connectivity index (χ2n) is 4.66. The van der Waals surface area contributed by atoms with Crippen molar-refractivity contribution in [1.29, 1.82) is 0 Å². The number of hydrogen-bond acceptors (Lipinski definition) is 2. The summed E-state index contributed by atoms with van der Waals surface area (Å²) in [6, 6.07) is 4.42. The summed E-state index contributed by atoms with van der Waals surface area (Å²) in [5.74, 6) is -4.51. The molecule has 1 atom stereocenters. The van der Waals surface area contributed by atoms with Crippen LogP contribution in [-0.2, 0) is 0 Å². The highest BCUT2D eigenvalue weighted by Crippen LogP contribution is 2.36. The van der Waals surface area contributed by atoms with Gasteiger partial charge in [0.15, 0.2) is 17.4 Å². The summed E-state index contributed by atoms with van der Waals surface area (Å²) in [5, 5.41) is 0. The van der Waals surface area contributed by atoms with Crippen LogP contribution in [-0.4, -0.2) is 5.78 Å². The van der Waals surface area contributed by atoms with Gasteiger partial charge in [-0.3, -0.25) is 4.79 Å². The zero-order chi connectivity index (χ0) is 15.1. The summed E-state index contributed by atoms with van der Waals surface area (Å²) in [4.78, 5) is 11.9. The molecular formula is C15H8F4O2. The minimum absolute atomic E-state index is 0.0502. The molecule has 1 aliphatic rings. The predicted octanol–water partition coefficient (Wildman–Crippen LogP) is 3.95. The Morgan fingerprint density at radius 3 is 2.43 bits per heavy atom. The highest BCUT2D eigenvalue weighted by Gasteiger charge is 2.30. The number of Topliss-reactive ketones (excluding diaryl/α,β-unsaturated/α-hetero) is 1. The lowest BCUT2D eigenvalue weighted by Gasteiger charge is -2.25. The molecule has 0 fully saturated rings. The Labute approximate surface area is 117 Å². The van der Waals surface area contributed by atoms with Crippen LogP contribution in [0.2, 0.25) is 0 Å². The first-order valence-corrected chi connectivity index (χ1v) is 6.09. The topological polar surface area (TPSA) is 26.3 Å². The average Bonchev–Trinajstić information content (AvgIpc) is 2.43. The van der Waals surface area contributed by atoms with Crippen LogP contribution >= 0.6 is 0 Å². The van der Waals surface area contributed by atoms with Crippen LogP contribution < -0.4 is 4.74 Å². The number of fused-ring (bicyclic) bond motifs is 1. The van der Waals surface area contributed by atoms with Crippen molar-refractivity contribution >= 4 is 5.78 Å². The van der Waals surface area contributed by atoms with Crippen LogP contribution in [0.3, 0.4) is 0 Å². The molecule has 6 heteroatoms. The standard InChI is InChI=1S/C15H8F4O2/c16-7-1-2-14-9(3-7)13(20)6-15(21-14)8-4-11(18)12(19)5-10(8)17/h1-5,15H,6H2. The van der Waals surface area contributed by atoms with Crippen LogP contribution in [0.25, 0.3) is 0 Å². The Morgan fingerprint density at radius 1 is 0.952 bits per heavy atom. The Bertz CT molecular complexity index is 743. The van der Waals surface area contributed by atoms with Gasteiger partial charge in [0.2, 0.25) is 0 Å². The molecule has 0 aliphatic carbocycles. The Hall–Kier alpha value is -2.37. The van der Waals surface area contributed by atoms with Crippen molar-refractivity contribution in [2.75, 3.05) is 0 Å². The number of carbonyl (C=O) groups is 1. The van der Waals surface area contributed by atoms with Gasteiger partial charge in [-0.2, -0.15) is 0 Å². The Balaban J connectivity index is 2.02. The maximum Gasteiger partial charge on any atom is 0.170 e. The van der Waals surface area contributed by atoms with Gasteiger partial charge >= 0.3 is 0 Å². The first-order chi connectivity index (χ1) is 9.95. The van der Waals surface area contributed by atoms with E-state index in [1.54, 1.807) is 0 Å². The van der Waals surface area contributed by atoms with Crippen molar-refractivity contribution in [1.82, 2.24) is 0 Å². The van der Waals surface area contributed by atoms with Crippen LogP contribution in [0.1, 0.15) is 28.4 Å². The molecule has 0 N–H and O–H groups in total. The first-order valence-electron chi connectivity index (χ1n) is 6.09. The van der Waals surface area contributed by atoms with E-state index in [0.29, 0.717) is 12.1 Å². The van der Waals surface area contributed by atoms with E-state index in [1.165, 1.54) is 6.07 Å². The lowest BCUT2D eigenvalue weighted by atomic mass is 9.96. The summed E-state index contributed by atoms with van der Waals surface area (Å²) >= 11 is 0. The van der Waals surface area contributed by atoms with E-state index < -0.39 is 35.2 Å². The van der Waals surface area contributed by atoms with Crippen LogP contribution in [0.15, 0.2) is 30.3 Å². The fourth-order valence-electron chi connectivity index (χ4n) is 2.25. The van der Waals surface area contributed by atoms with Crippen molar-refractivity contribution in [2.24, 2.45) is 0 Å². The molecule has 0 spiro atoms. The molecule has 2 aromatic rings. The van der Waals surface area contributed by atoms with Gasteiger partial charge in [0, 0.05) is 11.6 Å². The van der Waals surface area contributed by atoms with Crippen molar-refractivity contribution in [3.05, 3.63) is 64.7 Å². The van der Waals surface area contributed by atoms with E-state index in [-0.39, 0.29) is 23.3 Å². The highest BCUT2D eigenvalue weighted by molar-refractivity contribution is 6.00. The maximum absolute atomic E-state index is 13.7. The molecule has 0 bridgehead atoms. The normalized spacial score (nSPS) is 17.3. The third-order valence-electron chi connectivity index (χ3n) is 3.27. The third kappa shape index (κ3) is 2.37. The van der Waals surface area contributed by atoms with Crippen LogP contribution in [0.5, 0.6) is 5.75 Å². The smallest absolute Gasteiger partial charge is 0.170 e. The maximum atomic E-state index is 13.7. The van der Waals surface area contributed by atoms with Crippen molar-refractivity contribution in [3.8, 4) is 5.75 Å². The number of ether oxygens (including phenoxy) is 1. The molecule has 0 aromatic heterocycles. The minimum atomic E-state index is -1.32. The zero-order valence-electron chi connectivity index (χ0n) is 10.5. The number of carbonyl (C=O) groups excluding carboxylic acids is 1. The first kappa shape index (κ1) is 13.6. The summed E-state index contributed by atoms with van der Waals surface area (Å²) in [6.45, 7) is 0. The number of hydrogen-bond donors (Lipinski definition) is 0. The SMILES string of the molecule is O=C1CC(c2cc(F)c(F)cc2F)Oc2ccc(F)cc21. The fourth-order valence-corrected chi connectivity index (χ4v) is 2.25. The van der Waals surface area contributed by atoms with Gasteiger partial charge < -0.3 is 4.74 Å². The second kappa shape index (κ2) is 4.87. The minimum Gasteiger partial charge on any atom is -0.484 e. The molecule has 0 radical (unpaired) electrons. The quantitative estimate of drug-likeness (QED) is 0.588. The number of halogens is 4. The Kier molecular flexibility index (Phi) is 3.16. The van der Waals surface area contributed by atoms with Gasteiger partial charge in [-0.1, -0.05) is 0 Å². The molecular weight excluding hydrogens is 288 g/mol. The van der Waals surface area contributed by atoms with E-state index in [4.69, 9.17) is 4.74 Å². The monoisotopic (exact) mass is 296 g/mol. The summed E-state index contributed by atoms with van der Waals surface area (Å²) < 4.78 is 58.4. The molecule has 1 heterocycles. The van der Waals surface area contributed by atoms with Crippen LogP contribution in [0.4, 0.5) is 17.6 Å². The summed E-state index contributed by atoms with van der Waals surface area (Å²) in [6.07, 6.45) is -1.36. The predicted molar refractivity (Wildman–Crippen MR) is 65.0 cm³/mol. The molecule has 2 nitrogen and oxygen atoms in total. The molecule has 0 amide bonds. The lowest BCUT2D eigenvalue weighted by molar-refractivity contribution is 0.0844. The van der Waals surface area contributed by atoms with Gasteiger partial charge in [0.1, 0.15) is 23.5 Å². The van der Waals surface area contributed by atoms with E-state index in [2.05, 4.69) is 0 Å². The molecule has 0 saturated carbocycles. The molecule has 0 saturated heterocycles. The third-order valence-corrected chi connectivity index (χ3v) is 3.27. The van der Waals surface area contributed by atoms with Crippen molar-refractivity contribution in [3.63, 3.8) is 0 Å². The summed E-state index contributed by atoms with van der Waals surface area (Å²) in [7, 11) is 0. The molecule has 21 heavy (non-hydrogen) atoms. The molecule has 1 aliphatic heterocycles. The lowest BCUT2D eigenvalue weighted by Crippen LogP contribution is -2.21. The fraction of sp³-hybridized carbons (Fsp3) is 0.133. The van der Waals surface area contributed by atoms with Crippen molar-refractivity contribution in [2.45, 2.75) is 12.5 Å². The molecule has 2 aromatic carbocycles. The van der Waals surface area contributed by atoms with E-state index in [9.17, 15) is 22.4 Å². The average molecular weight is 296 g/mol. The van der Waals surface area contributed by atoms with Gasteiger partial charge in [-0.15, -0.1) is 0 Å². The largest absolute Gasteiger partial charge is 0.484 e. The second-order valence-corrected chi connectivity index (χ2v) is 4.66. The van der Waals surface area contributed by atoms with E-state index in [0.717, 1.165) is 12.1 Å². The van der Waals surface area contributed by atoms with Crippen molar-refractivity contribution < 1.29 is 27.1 Å². The zero-order valence-corrected chi connectivity index (χ0v) is 10.5. The number of rotatable bonds is 1. The highest BCUT2D eigenvalue weighted by atomic mass is 19.2. The van der Waals surface area contributed by atoms with Gasteiger partial charge in [0.25, 0.3) is 0 Å². The molecule has 3 rings (SSSR count). The molecule has 108 valence electrons. The number of benzene rings is 2. The summed E-state index contributed by atoms with van der Waals surface area (Å²) in [5.41, 5.74) is -0.202. The van der Waals surface area contributed by atoms with E-state index >= 15 is 0 Å². The van der Waals surface area contributed by atoms with Crippen LogP contribution in [0, 0.1) is 23.3 Å². The van der Waals surface area contributed by atoms with Gasteiger partial charge in [-0.25, -0.2) is 17.6 Å². The number of ketones is 1.